The van der Waals surface area contributed by atoms with Crippen molar-refractivity contribution < 1.29 is 18.8 Å². The molecule has 38 heavy (non-hydrogen) atoms. The fourth-order valence-electron chi connectivity index (χ4n) is 4.99. The summed E-state index contributed by atoms with van der Waals surface area (Å²) in [5.41, 5.74) is 4.17. The minimum Gasteiger partial charge on any atom is -0.368 e. The lowest BCUT2D eigenvalue weighted by molar-refractivity contribution is -0.128. The maximum atomic E-state index is 13.2. The number of amides is 3. The number of rotatable bonds is 6. The number of nitrogens with one attached hydrogen (secondary N) is 1. The summed E-state index contributed by atoms with van der Waals surface area (Å²) in [5.74, 6) is -1.06. The topological polar surface area (TPSA) is 73.0 Å². The predicted octanol–water partition coefficient (Wildman–Crippen LogP) is 4.08. The number of hydrogen-bond acceptors (Lipinski definition) is 4. The van der Waals surface area contributed by atoms with Crippen molar-refractivity contribution in [1.82, 2.24) is 9.80 Å². The molecule has 1 N–H and O–H groups in total. The molecular weight excluding hydrogens is 483 g/mol. The van der Waals surface area contributed by atoms with Gasteiger partial charge in [0.05, 0.1) is 5.92 Å². The SMILES string of the molecule is Cc1ccc(CN2CC(C(=O)Nc3cccc(C(=O)N4CCN(c5ccc(F)cc5)CC4)c3)CC2=O)cc1. The molecule has 3 aromatic rings. The zero-order chi connectivity index (χ0) is 26.6. The molecule has 0 radical (unpaired) electrons. The van der Waals surface area contributed by atoms with Crippen LogP contribution in [0.3, 0.4) is 0 Å². The maximum Gasteiger partial charge on any atom is 0.254 e. The Kier molecular flexibility index (Phi) is 7.40. The molecule has 2 saturated heterocycles. The molecule has 0 spiro atoms. The van der Waals surface area contributed by atoms with E-state index in [1.807, 2.05) is 31.2 Å². The van der Waals surface area contributed by atoms with E-state index in [1.54, 1.807) is 46.2 Å². The van der Waals surface area contributed by atoms with Crippen LogP contribution >= 0.6 is 0 Å². The summed E-state index contributed by atoms with van der Waals surface area (Å²) in [4.78, 5) is 44.3. The molecule has 2 aliphatic rings. The van der Waals surface area contributed by atoms with Crippen LogP contribution in [-0.2, 0) is 16.1 Å². The molecule has 1 atom stereocenters. The lowest BCUT2D eigenvalue weighted by Crippen LogP contribution is -2.48. The Balaban J connectivity index is 1.16. The minimum atomic E-state index is -0.438. The van der Waals surface area contributed by atoms with Crippen molar-refractivity contribution in [2.24, 2.45) is 5.92 Å². The standard InChI is InChI=1S/C30H31FN4O3/c1-21-5-7-22(8-6-21)19-35-20-24(18-28(35)36)29(37)32-26-4-2-3-23(17-26)30(38)34-15-13-33(14-16-34)27-11-9-25(31)10-12-27/h2-12,17,24H,13-16,18-20H2,1H3,(H,32,37). The molecule has 0 aliphatic carbocycles. The number of nitrogens with zero attached hydrogens (tertiary/aromatic N) is 3. The number of halogens is 1. The molecule has 0 saturated carbocycles. The first-order valence-electron chi connectivity index (χ1n) is 12.9. The Labute approximate surface area is 221 Å². The van der Waals surface area contributed by atoms with E-state index in [9.17, 15) is 18.8 Å². The Bertz CT molecular complexity index is 1320. The van der Waals surface area contributed by atoms with E-state index in [0.29, 0.717) is 50.5 Å². The highest BCUT2D eigenvalue weighted by atomic mass is 19.1. The van der Waals surface area contributed by atoms with E-state index in [1.165, 1.54) is 12.1 Å². The highest BCUT2D eigenvalue weighted by molar-refractivity contribution is 5.99. The second-order valence-electron chi connectivity index (χ2n) is 9.99. The van der Waals surface area contributed by atoms with Crippen molar-refractivity contribution in [3.05, 3.63) is 95.3 Å². The molecule has 3 aromatic carbocycles. The second kappa shape index (κ2) is 11.0. The van der Waals surface area contributed by atoms with Gasteiger partial charge in [-0.1, -0.05) is 35.9 Å². The minimum absolute atomic E-state index is 0.0329. The Morgan fingerprint density at radius 1 is 0.947 bits per heavy atom. The molecule has 8 heteroatoms. The van der Waals surface area contributed by atoms with Gasteiger partial charge in [0.25, 0.3) is 5.91 Å². The number of benzene rings is 3. The van der Waals surface area contributed by atoms with Crippen LogP contribution < -0.4 is 10.2 Å². The zero-order valence-electron chi connectivity index (χ0n) is 21.4. The highest BCUT2D eigenvalue weighted by Crippen LogP contribution is 2.23. The van der Waals surface area contributed by atoms with Crippen LogP contribution in [0.15, 0.2) is 72.8 Å². The number of aryl methyl sites for hydroxylation is 1. The molecule has 0 aromatic heterocycles. The summed E-state index contributed by atoms with van der Waals surface area (Å²) in [7, 11) is 0. The van der Waals surface area contributed by atoms with Crippen LogP contribution in [0.5, 0.6) is 0 Å². The third kappa shape index (κ3) is 5.85. The first-order valence-corrected chi connectivity index (χ1v) is 12.9. The molecule has 196 valence electrons. The molecular formula is C30H31FN4O3. The summed E-state index contributed by atoms with van der Waals surface area (Å²) < 4.78 is 13.2. The van der Waals surface area contributed by atoms with Crippen LogP contribution in [0, 0.1) is 18.7 Å². The number of hydrogen-bond donors (Lipinski definition) is 1. The molecule has 2 heterocycles. The summed E-state index contributed by atoms with van der Waals surface area (Å²) in [6.07, 6.45) is 0.175. The van der Waals surface area contributed by atoms with E-state index < -0.39 is 5.92 Å². The first kappa shape index (κ1) is 25.4. The van der Waals surface area contributed by atoms with E-state index in [-0.39, 0.29) is 30.0 Å². The molecule has 2 fully saturated rings. The molecule has 1 unspecified atom stereocenters. The Hall–Kier alpha value is -4.20. The number of carbonyl (C=O) groups is 3. The predicted molar refractivity (Wildman–Crippen MR) is 144 cm³/mol. The number of carbonyl (C=O) groups excluding carboxylic acids is 3. The van der Waals surface area contributed by atoms with Crippen molar-refractivity contribution >= 4 is 29.1 Å². The lowest BCUT2D eigenvalue weighted by Gasteiger charge is -2.36. The number of anilines is 2. The fourth-order valence-corrected chi connectivity index (χ4v) is 4.99. The normalized spacial score (nSPS) is 17.6. The highest BCUT2D eigenvalue weighted by Gasteiger charge is 2.34. The van der Waals surface area contributed by atoms with Gasteiger partial charge in [0, 0.05) is 62.6 Å². The van der Waals surface area contributed by atoms with Gasteiger partial charge in [-0.15, -0.1) is 0 Å². The van der Waals surface area contributed by atoms with Gasteiger partial charge in [0.1, 0.15) is 5.82 Å². The summed E-state index contributed by atoms with van der Waals surface area (Å²) in [6, 6.07) is 21.3. The summed E-state index contributed by atoms with van der Waals surface area (Å²) in [5, 5.41) is 2.90. The van der Waals surface area contributed by atoms with Gasteiger partial charge < -0.3 is 20.0 Å². The smallest absolute Gasteiger partial charge is 0.254 e. The van der Waals surface area contributed by atoms with E-state index >= 15 is 0 Å². The van der Waals surface area contributed by atoms with Crippen LogP contribution in [0.2, 0.25) is 0 Å². The Morgan fingerprint density at radius 3 is 2.37 bits per heavy atom. The molecule has 2 aliphatic heterocycles. The molecule has 3 amide bonds. The summed E-state index contributed by atoms with van der Waals surface area (Å²) >= 11 is 0. The van der Waals surface area contributed by atoms with Gasteiger partial charge in [-0.25, -0.2) is 4.39 Å². The van der Waals surface area contributed by atoms with Gasteiger partial charge in [-0.3, -0.25) is 14.4 Å². The number of likely N-dealkylation sites (tertiary alicyclic amines) is 1. The van der Waals surface area contributed by atoms with Crippen molar-refractivity contribution in [2.45, 2.75) is 19.9 Å². The fraction of sp³-hybridized carbons (Fsp3) is 0.300. The zero-order valence-corrected chi connectivity index (χ0v) is 21.4. The monoisotopic (exact) mass is 514 g/mol. The average molecular weight is 515 g/mol. The number of piperazine rings is 1. The van der Waals surface area contributed by atoms with Crippen LogP contribution in [-0.4, -0.2) is 60.2 Å². The van der Waals surface area contributed by atoms with Crippen LogP contribution in [0.1, 0.15) is 27.9 Å². The quantitative estimate of drug-likeness (QED) is 0.538. The van der Waals surface area contributed by atoms with Crippen molar-refractivity contribution in [2.75, 3.05) is 42.9 Å². The third-order valence-electron chi connectivity index (χ3n) is 7.22. The second-order valence-corrected chi connectivity index (χ2v) is 9.99. The maximum absolute atomic E-state index is 13.2. The van der Waals surface area contributed by atoms with E-state index in [4.69, 9.17) is 0 Å². The lowest BCUT2D eigenvalue weighted by atomic mass is 10.1. The molecule has 0 bridgehead atoms. The van der Waals surface area contributed by atoms with Crippen molar-refractivity contribution in [3.63, 3.8) is 0 Å². The largest absolute Gasteiger partial charge is 0.368 e. The Morgan fingerprint density at radius 2 is 1.66 bits per heavy atom. The van der Waals surface area contributed by atoms with Gasteiger partial charge in [-0.05, 0) is 55.0 Å². The van der Waals surface area contributed by atoms with Crippen LogP contribution in [0.25, 0.3) is 0 Å². The first-order chi connectivity index (χ1) is 18.4. The van der Waals surface area contributed by atoms with Crippen molar-refractivity contribution in [3.8, 4) is 0 Å². The average Bonchev–Trinajstić information content (AvgIpc) is 3.30. The van der Waals surface area contributed by atoms with E-state index in [2.05, 4.69) is 10.2 Å². The van der Waals surface area contributed by atoms with Gasteiger partial charge in [-0.2, -0.15) is 0 Å². The third-order valence-corrected chi connectivity index (χ3v) is 7.22. The van der Waals surface area contributed by atoms with Crippen LogP contribution in [0.4, 0.5) is 15.8 Å². The molecule has 5 rings (SSSR count). The molecule has 7 nitrogen and oxygen atoms in total. The van der Waals surface area contributed by atoms with Gasteiger partial charge in [0.15, 0.2) is 0 Å². The van der Waals surface area contributed by atoms with Gasteiger partial charge >= 0.3 is 0 Å². The summed E-state index contributed by atoms with van der Waals surface area (Å²) in [6.45, 7) is 5.29. The van der Waals surface area contributed by atoms with Crippen molar-refractivity contribution in [1.29, 1.82) is 0 Å². The van der Waals surface area contributed by atoms with E-state index in [0.717, 1.165) is 16.8 Å². The van der Waals surface area contributed by atoms with Gasteiger partial charge in [0.2, 0.25) is 11.8 Å².